The number of hydrogen-bond acceptors (Lipinski definition) is 5. The number of hydrogen-bond donors (Lipinski definition) is 2. The van der Waals surface area contributed by atoms with Crippen LogP contribution in [0.4, 0.5) is 0 Å². The molecule has 1 unspecified atom stereocenters. The van der Waals surface area contributed by atoms with Crippen LogP contribution in [0.2, 0.25) is 0 Å². The maximum atomic E-state index is 9.43. The third kappa shape index (κ3) is 2.77. The van der Waals surface area contributed by atoms with Crippen molar-refractivity contribution in [2.75, 3.05) is 20.2 Å². The maximum Gasteiger partial charge on any atom is 0.225 e. The second kappa shape index (κ2) is 4.74. The molecule has 0 saturated heterocycles. The van der Waals surface area contributed by atoms with Gasteiger partial charge in [-0.25, -0.2) is 0 Å². The molecule has 0 aliphatic carbocycles. The van der Waals surface area contributed by atoms with Crippen molar-refractivity contribution < 1.29 is 9.84 Å². The standard InChI is InChI=1S/C10H14N2O2S/c1-14-10-4-9(15-12-10)3-7-2-8(13)6-11-5-7/h2,4,8,11,13H,3,5-6H2,1H3. The summed E-state index contributed by atoms with van der Waals surface area (Å²) in [7, 11) is 1.62. The summed E-state index contributed by atoms with van der Waals surface area (Å²) in [5, 5.41) is 12.6. The number of aliphatic hydroxyl groups is 1. The van der Waals surface area contributed by atoms with Crippen molar-refractivity contribution in [2.45, 2.75) is 12.5 Å². The van der Waals surface area contributed by atoms with Crippen LogP contribution in [0, 0.1) is 0 Å². The molecule has 0 amide bonds. The van der Waals surface area contributed by atoms with Gasteiger partial charge in [0.05, 0.1) is 13.2 Å². The van der Waals surface area contributed by atoms with E-state index >= 15 is 0 Å². The van der Waals surface area contributed by atoms with Crippen LogP contribution in [0.1, 0.15) is 4.88 Å². The van der Waals surface area contributed by atoms with E-state index in [-0.39, 0.29) is 6.10 Å². The Balaban J connectivity index is 2.01. The summed E-state index contributed by atoms with van der Waals surface area (Å²) in [5.41, 5.74) is 1.21. The van der Waals surface area contributed by atoms with Gasteiger partial charge in [-0.05, 0) is 11.5 Å². The molecule has 4 nitrogen and oxygen atoms in total. The second-order valence-corrected chi connectivity index (χ2v) is 4.43. The fraction of sp³-hybridized carbons (Fsp3) is 0.500. The van der Waals surface area contributed by atoms with Crippen LogP contribution in [0.3, 0.4) is 0 Å². The van der Waals surface area contributed by atoms with Gasteiger partial charge in [0.15, 0.2) is 0 Å². The molecule has 0 radical (unpaired) electrons. The number of ether oxygens (including phenoxy) is 1. The molecule has 0 saturated carbocycles. The minimum atomic E-state index is -0.358. The Morgan fingerprint density at radius 1 is 1.73 bits per heavy atom. The number of nitrogens with zero attached hydrogens (tertiary/aromatic N) is 1. The average Bonchev–Trinajstić information content (AvgIpc) is 2.65. The van der Waals surface area contributed by atoms with E-state index in [9.17, 15) is 5.11 Å². The van der Waals surface area contributed by atoms with E-state index in [0.717, 1.165) is 17.8 Å². The first-order chi connectivity index (χ1) is 7.28. The van der Waals surface area contributed by atoms with Crippen molar-refractivity contribution in [3.63, 3.8) is 0 Å². The fourth-order valence-electron chi connectivity index (χ4n) is 1.59. The molecule has 1 aromatic heterocycles. The number of rotatable bonds is 3. The lowest BCUT2D eigenvalue weighted by atomic mass is 10.1. The summed E-state index contributed by atoms with van der Waals surface area (Å²) in [6.45, 7) is 1.49. The largest absolute Gasteiger partial charge is 0.480 e. The highest BCUT2D eigenvalue weighted by molar-refractivity contribution is 7.05. The van der Waals surface area contributed by atoms with Gasteiger partial charge in [0, 0.05) is 30.5 Å². The predicted molar refractivity (Wildman–Crippen MR) is 59.3 cm³/mol. The van der Waals surface area contributed by atoms with E-state index in [2.05, 4.69) is 9.69 Å². The summed E-state index contributed by atoms with van der Waals surface area (Å²) in [6, 6.07) is 1.94. The van der Waals surface area contributed by atoms with Crippen molar-refractivity contribution >= 4 is 11.5 Å². The van der Waals surface area contributed by atoms with Gasteiger partial charge in [-0.3, -0.25) is 0 Å². The molecule has 0 bridgehead atoms. The molecular formula is C10H14N2O2S. The van der Waals surface area contributed by atoms with Crippen LogP contribution in [-0.2, 0) is 6.42 Å². The number of aromatic nitrogens is 1. The molecule has 82 valence electrons. The van der Waals surface area contributed by atoms with E-state index in [0.29, 0.717) is 12.4 Å². The summed E-state index contributed by atoms with van der Waals surface area (Å²) in [6.07, 6.45) is 2.40. The van der Waals surface area contributed by atoms with Gasteiger partial charge < -0.3 is 15.2 Å². The Morgan fingerprint density at radius 2 is 2.60 bits per heavy atom. The van der Waals surface area contributed by atoms with Gasteiger partial charge in [0.2, 0.25) is 5.88 Å². The summed E-state index contributed by atoms with van der Waals surface area (Å²) in [4.78, 5) is 1.16. The zero-order valence-electron chi connectivity index (χ0n) is 8.56. The van der Waals surface area contributed by atoms with Gasteiger partial charge in [0.25, 0.3) is 0 Å². The lowest BCUT2D eigenvalue weighted by Crippen LogP contribution is -2.32. The van der Waals surface area contributed by atoms with E-state index < -0.39 is 0 Å². The zero-order chi connectivity index (χ0) is 10.7. The van der Waals surface area contributed by atoms with E-state index in [1.54, 1.807) is 7.11 Å². The first-order valence-corrected chi connectivity index (χ1v) is 5.63. The quantitative estimate of drug-likeness (QED) is 0.740. The topological polar surface area (TPSA) is 54.4 Å². The van der Waals surface area contributed by atoms with Crippen LogP contribution in [0.25, 0.3) is 0 Å². The number of aliphatic hydroxyl groups excluding tert-OH is 1. The smallest absolute Gasteiger partial charge is 0.225 e. The molecule has 0 aromatic carbocycles. The van der Waals surface area contributed by atoms with Crippen LogP contribution < -0.4 is 10.1 Å². The van der Waals surface area contributed by atoms with Gasteiger partial charge >= 0.3 is 0 Å². The monoisotopic (exact) mass is 226 g/mol. The summed E-state index contributed by atoms with van der Waals surface area (Å²) in [5.74, 6) is 0.667. The predicted octanol–water partition coefficient (Wildman–Crippen LogP) is 0.585. The fourth-order valence-corrected chi connectivity index (χ4v) is 2.33. The molecule has 1 aromatic rings. The molecule has 0 fully saturated rings. The Morgan fingerprint density at radius 3 is 3.27 bits per heavy atom. The SMILES string of the molecule is COc1cc(CC2=CC(O)CNC2)sn1. The normalized spacial score (nSPS) is 21.2. The molecule has 0 spiro atoms. The molecule has 2 N–H and O–H groups in total. The Hall–Kier alpha value is -0.910. The number of methoxy groups -OCH3 is 1. The van der Waals surface area contributed by atoms with Crippen molar-refractivity contribution in [2.24, 2.45) is 0 Å². The molecule has 15 heavy (non-hydrogen) atoms. The van der Waals surface area contributed by atoms with Crippen LogP contribution in [0.15, 0.2) is 17.7 Å². The van der Waals surface area contributed by atoms with Gasteiger partial charge in [-0.1, -0.05) is 11.6 Å². The molecule has 2 heterocycles. The van der Waals surface area contributed by atoms with Crippen LogP contribution >= 0.6 is 11.5 Å². The zero-order valence-corrected chi connectivity index (χ0v) is 9.38. The lowest BCUT2D eigenvalue weighted by Gasteiger charge is -2.17. The molecule has 5 heteroatoms. The van der Waals surface area contributed by atoms with Gasteiger partial charge in [0.1, 0.15) is 0 Å². The summed E-state index contributed by atoms with van der Waals surface area (Å²) < 4.78 is 9.15. The lowest BCUT2D eigenvalue weighted by molar-refractivity contribution is 0.213. The van der Waals surface area contributed by atoms with E-state index in [4.69, 9.17) is 4.74 Å². The van der Waals surface area contributed by atoms with Crippen LogP contribution in [-0.4, -0.2) is 35.8 Å². The highest BCUT2D eigenvalue weighted by Crippen LogP contribution is 2.20. The van der Waals surface area contributed by atoms with Crippen molar-refractivity contribution in [1.29, 1.82) is 0 Å². The van der Waals surface area contributed by atoms with Crippen molar-refractivity contribution in [1.82, 2.24) is 9.69 Å². The summed E-state index contributed by atoms with van der Waals surface area (Å²) >= 11 is 1.44. The van der Waals surface area contributed by atoms with Gasteiger partial charge in [-0.2, -0.15) is 4.37 Å². The molecule has 1 aliphatic heterocycles. The minimum Gasteiger partial charge on any atom is -0.480 e. The highest BCUT2D eigenvalue weighted by atomic mass is 32.1. The first-order valence-electron chi connectivity index (χ1n) is 4.86. The Bertz CT molecular complexity index is 362. The first kappa shape index (κ1) is 10.6. The average molecular weight is 226 g/mol. The third-order valence-corrected chi connectivity index (χ3v) is 3.05. The van der Waals surface area contributed by atoms with E-state index in [1.807, 2.05) is 12.1 Å². The van der Waals surface area contributed by atoms with Crippen molar-refractivity contribution in [3.05, 3.63) is 22.6 Å². The Kier molecular flexibility index (Phi) is 3.35. The van der Waals surface area contributed by atoms with Gasteiger partial charge in [-0.15, -0.1) is 0 Å². The van der Waals surface area contributed by atoms with E-state index in [1.165, 1.54) is 17.1 Å². The molecule has 2 rings (SSSR count). The number of nitrogens with one attached hydrogen (secondary N) is 1. The second-order valence-electron chi connectivity index (χ2n) is 3.54. The van der Waals surface area contributed by atoms with Crippen LogP contribution in [0.5, 0.6) is 5.88 Å². The maximum absolute atomic E-state index is 9.43. The molecule has 1 atom stereocenters. The molecular weight excluding hydrogens is 212 g/mol. The number of β-amino-alcohol motifs (C(OH)–C–C–N with tert-alkyl or cyclic N) is 1. The highest BCUT2D eigenvalue weighted by Gasteiger charge is 2.11. The third-order valence-electron chi connectivity index (χ3n) is 2.28. The molecule has 1 aliphatic rings. The Labute approximate surface area is 92.7 Å². The minimum absolute atomic E-state index is 0.358. The van der Waals surface area contributed by atoms with Crippen molar-refractivity contribution in [3.8, 4) is 5.88 Å².